The van der Waals surface area contributed by atoms with E-state index in [9.17, 15) is 0 Å². The van der Waals surface area contributed by atoms with Crippen molar-refractivity contribution >= 4 is 0 Å². The molecule has 108 valence electrons. The normalized spacial score (nSPS) is 27.2. The van der Waals surface area contributed by atoms with E-state index in [1.807, 2.05) is 0 Å². The molecule has 19 heavy (non-hydrogen) atoms. The molecule has 0 aromatic carbocycles. The summed E-state index contributed by atoms with van der Waals surface area (Å²) in [6, 6.07) is 1.69. The van der Waals surface area contributed by atoms with E-state index in [1.165, 1.54) is 25.0 Å². The molecule has 0 aromatic heterocycles. The van der Waals surface area contributed by atoms with Gasteiger partial charge in [-0.1, -0.05) is 6.58 Å². The molecule has 2 atom stereocenters. The molecular weight excluding hydrogens is 238 g/mol. The largest absolute Gasteiger partial charge is 0.378 e. The van der Waals surface area contributed by atoms with Gasteiger partial charge in [0.2, 0.25) is 0 Å². The van der Waals surface area contributed by atoms with Gasteiger partial charge in [-0.3, -0.25) is 4.90 Å². The first-order valence-corrected chi connectivity index (χ1v) is 7.23. The van der Waals surface area contributed by atoms with Crippen LogP contribution in [0.5, 0.6) is 0 Å². The van der Waals surface area contributed by atoms with Crippen molar-refractivity contribution in [1.82, 2.24) is 15.1 Å². The number of nitrogens with one attached hydrogen (secondary N) is 1. The van der Waals surface area contributed by atoms with Crippen molar-refractivity contribution in [2.45, 2.75) is 37.4 Å². The van der Waals surface area contributed by atoms with E-state index in [1.54, 1.807) is 0 Å². The van der Waals surface area contributed by atoms with Gasteiger partial charge in [0.15, 0.2) is 0 Å². The van der Waals surface area contributed by atoms with Crippen molar-refractivity contribution in [3.8, 4) is 0 Å². The average Bonchev–Trinajstić information content (AvgIpc) is 2.73. The van der Waals surface area contributed by atoms with Crippen LogP contribution in [0.3, 0.4) is 0 Å². The first-order chi connectivity index (χ1) is 9.11. The molecule has 0 bridgehead atoms. The van der Waals surface area contributed by atoms with Crippen molar-refractivity contribution in [3.63, 3.8) is 0 Å². The maximum Gasteiger partial charge on any atom is 0.0725 e. The molecule has 0 aromatic rings. The molecule has 2 saturated heterocycles. The van der Waals surface area contributed by atoms with Crippen LogP contribution in [0.2, 0.25) is 0 Å². The summed E-state index contributed by atoms with van der Waals surface area (Å²) in [7, 11) is 6.33. The molecule has 0 amide bonds. The number of rotatable bonds is 6. The number of nitrogens with zero attached hydrogens (tertiary/aromatic N) is 2. The summed E-state index contributed by atoms with van der Waals surface area (Å²) < 4.78 is 5.24. The van der Waals surface area contributed by atoms with Crippen LogP contribution in [-0.2, 0) is 4.74 Å². The molecule has 2 rings (SSSR count). The monoisotopic (exact) mass is 265 g/mol. The fourth-order valence-electron chi connectivity index (χ4n) is 2.88. The maximum absolute atomic E-state index is 5.24. The van der Waals surface area contributed by atoms with Gasteiger partial charge in [0.1, 0.15) is 0 Å². The summed E-state index contributed by atoms with van der Waals surface area (Å²) in [5.41, 5.74) is 4.25. The van der Waals surface area contributed by atoms with Crippen LogP contribution in [0.25, 0.3) is 0 Å². The van der Waals surface area contributed by atoms with E-state index >= 15 is 0 Å². The molecule has 0 aliphatic carbocycles. The molecular formula is C15H27N3O. The van der Waals surface area contributed by atoms with Crippen molar-refractivity contribution in [1.29, 1.82) is 0 Å². The topological polar surface area (TPSA) is 27.7 Å². The summed E-state index contributed by atoms with van der Waals surface area (Å²) in [6.45, 7) is 6.76. The second kappa shape index (κ2) is 6.58. The Kier molecular flexibility index (Phi) is 5.06. The Morgan fingerprint density at radius 1 is 1.32 bits per heavy atom. The third-order valence-electron chi connectivity index (χ3n) is 4.31. The van der Waals surface area contributed by atoms with Gasteiger partial charge in [0.25, 0.3) is 0 Å². The van der Waals surface area contributed by atoms with Crippen molar-refractivity contribution in [3.05, 3.63) is 18.0 Å². The molecule has 0 radical (unpaired) electrons. The van der Waals surface area contributed by atoms with Gasteiger partial charge in [-0.15, -0.1) is 5.73 Å². The zero-order valence-corrected chi connectivity index (χ0v) is 12.5. The molecule has 2 fully saturated rings. The lowest BCUT2D eigenvalue weighted by Gasteiger charge is -2.35. The summed E-state index contributed by atoms with van der Waals surface area (Å²) in [5.74, 6) is 0. The van der Waals surface area contributed by atoms with Gasteiger partial charge in [-0.05, 0) is 32.9 Å². The zero-order valence-electron chi connectivity index (χ0n) is 12.5. The SMILES string of the molecule is C=C=C(C1CCC(CCN(C)C2COC2)N1)N(C)C. The quantitative estimate of drug-likeness (QED) is 0.727. The highest BCUT2D eigenvalue weighted by atomic mass is 16.5. The molecule has 1 N–H and O–H groups in total. The third kappa shape index (κ3) is 3.61. The second-order valence-electron chi connectivity index (χ2n) is 5.91. The van der Waals surface area contributed by atoms with Gasteiger partial charge < -0.3 is 15.0 Å². The number of likely N-dealkylation sites (N-methyl/N-ethyl adjacent to an activating group) is 2. The molecule has 2 unspecified atom stereocenters. The predicted octanol–water partition coefficient (Wildman–Crippen LogP) is 1.06. The number of ether oxygens (including phenoxy) is 1. The van der Waals surface area contributed by atoms with Crippen LogP contribution in [0.1, 0.15) is 19.3 Å². The Hall–Kier alpha value is -0.800. The van der Waals surface area contributed by atoms with Crippen LogP contribution < -0.4 is 5.32 Å². The average molecular weight is 265 g/mol. The van der Waals surface area contributed by atoms with Crippen molar-refractivity contribution in [2.75, 3.05) is 40.9 Å². The van der Waals surface area contributed by atoms with Gasteiger partial charge in [0.05, 0.1) is 31.0 Å². The van der Waals surface area contributed by atoms with Crippen LogP contribution in [0.4, 0.5) is 0 Å². The van der Waals surface area contributed by atoms with Crippen molar-refractivity contribution < 1.29 is 4.74 Å². The minimum absolute atomic E-state index is 0.426. The van der Waals surface area contributed by atoms with E-state index in [0.717, 1.165) is 19.8 Å². The van der Waals surface area contributed by atoms with Crippen LogP contribution >= 0.6 is 0 Å². The molecule has 4 heteroatoms. The fraction of sp³-hybridized carbons (Fsp3) is 0.800. The highest BCUT2D eigenvalue weighted by Gasteiger charge is 2.28. The molecule has 4 nitrogen and oxygen atoms in total. The molecule has 2 aliphatic heterocycles. The lowest BCUT2D eigenvalue weighted by molar-refractivity contribution is -0.0565. The van der Waals surface area contributed by atoms with E-state index in [-0.39, 0.29) is 0 Å². The standard InChI is InChI=1S/C15H27N3O/c1-5-15(17(2)3)14-7-6-12(16-14)8-9-18(4)13-10-19-11-13/h12-14,16H,1,6-11H2,2-4H3. The predicted molar refractivity (Wildman–Crippen MR) is 78.1 cm³/mol. The first kappa shape index (κ1) is 14.6. The smallest absolute Gasteiger partial charge is 0.0725 e. The Morgan fingerprint density at radius 2 is 2.05 bits per heavy atom. The number of hydrogen-bond donors (Lipinski definition) is 1. The van der Waals surface area contributed by atoms with Crippen LogP contribution in [0.15, 0.2) is 18.0 Å². The second-order valence-corrected chi connectivity index (χ2v) is 5.91. The van der Waals surface area contributed by atoms with Crippen LogP contribution in [0, 0.1) is 0 Å². The highest BCUT2D eigenvalue weighted by Crippen LogP contribution is 2.21. The van der Waals surface area contributed by atoms with E-state index in [0.29, 0.717) is 18.1 Å². The summed E-state index contributed by atoms with van der Waals surface area (Å²) in [4.78, 5) is 4.54. The molecule has 0 saturated carbocycles. The van der Waals surface area contributed by atoms with E-state index < -0.39 is 0 Å². The Bertz CT molecular complexity index is 345. The molecule has 2 aliphatic rings. The van der Waals surface area contributed by atoms with Crippen molar-refractivity contribution in [2.24, 2.45) is 0 Å². The summed E-state index contributed by atoms with van der Waals surface area (Å²) in [6.07, 6.45) is 3.65. The van der Waals surface area contributed by atoms with Gasteiger partial charge in [-0.25, -0.2) is 0 Å². The summed E-state index contributed by atoms with van der Waals surface area (Å²) in [5, 5.41) is 3.71. The molecule has 0 spiro atoms. The highest BCUT2D eigenvalue weighted by molar-refractivity contribution is 5.10. The minimum atomic E-state index is 0.426. The maximum atomic E-state index is 5.24. The van der Waals surface area contributed by atoms with Gasteiger partial charge in [-0.2, -0.15) is 0 Å². The fourth-order valence-corrected chi connectivity index (χ4v) is 2.88. The Labute approximate surface area is 117 Å². The Balaban J connectivity index is 1.74. The van der Waals surface area contributed by atoms with Crippen LogP contribution in [-0.4, -0.2) is 68.8 Å². The first-order valence-electron chi connectivity index (χ1n) is 7.23. The van der Waals surface area contributed by atoms with Gasteiger partial charge in [0, 0.05) is 20.1 Å². The lowest BCUT2D eigenvalue weighted by atomic mass is 10.1. The third-order valence-corrected chi connectivity index (χ3v) is 4.31. The molecule has 2 heterocycles. The minimum Gasteiger partial charge on any atom is -0.378 e. The summed E-state index contributed by atoms with van der Waals surface area (Å²) >= 11 is 0. The van der Waals surface area contributed by atoms with E-state index in [4.69, 9.17) is 4.74 Å². The number of hydrogen-bond acceptors (Lipinski definition) is 4. The van der Waals surface area contributed by atoms with Gasteiger partial charge >= 0.3 is 0 Å². The zero-order chi connectivity index (χ0) is 13.8. The Morgan fingerprint density at radius 3 is 2.58 bits per heavy atom. The lowest BCUT2D eigenvalue weighted by Crippen LogP contribution is -2.48. The van der Waals surface area contributed by atoms with E-state index in [2.05, 4.69) is 48.6 Å².